The Balaban J connectivity index is 2.25. The molecular formula is C14H10BrF2NO. The van der Waals surface area contributed by atoms with E-state index in [-0.39, 0.29) is 5.56 Å². The molecule has 0 fully saturated rings. The molecule has 5 heteroatoms. The van der Waals surface area contributed by atoms with Crippen LogP contribution in [0.25, 0.3) is 0 Å². The summed E-state index contributed by atoms with van der Waals surface area (Å²) in [6, 6.07) is 7.96. The molecule has 0 bridgehead atoms. The lowest BCUT2D eigenvalue weighted by molar-refractivity contribution is 0.102. The molecule has 0 unspecified atom stereocenters. The normalized spacial score (nSPS) is 10.3. The molecule has 0 saturated heterocycles. The molecule has 98 valence electrons. The number of nitrogens with one attached hydrogen (secondary N) is 1. The van der Waals surface area contributed by atoms with Crippen LogP contribution >= 0.6 is 15.9 Å². The Morgan fingerprint density at radius 2 is 1.89 bits per heavy atom. The number of benzene rings is 2. The minimum Gasteiger partial charge on any atom is -0.322 e. The third-order valence-electron chi connectivity index (χ3n) is 2.60. The topological polar surface area (TPSA) is 29.1 Å². The van der Waals surface area contributed by atoms with Gasteiger partial charge in [-0.3, -0.25) is 4.79 Å². The van der Waals surface area contributed by atoms with Gasteiger partial charge in [0.2, 0.25) is 0 Å². The predicted molar refractivity (Wildman–Crippen MR) is 73.2 cm³/mol. The summed E-state index contributed by atoms with van der Waals surface area (Å²) < 4.78 is 27.3. The zero-order chi connectivity index (χ0) is 14.0. The number of anilines is 1. The van der Waals surface area contributed by atoms with E-state index < -0.39 is 17.5 Å². The zero-order valence-corrected chi connectivity index (χ0v) is 11.6. The van der Waals surface area contributed by atoms with Crippen molar-refractivity contribution < 1.29 is 13.6 Å². The summed E-state index contributed by atoms with van der Waals surface area (Å²) in [4.78, 5) is 11.9. The summed E-state index contributed by atoms with van der Waals surface area (Å²) in [6.45, 7) is 1.90. The Labute approximate surface area is 117 Å². The molecule has 0 saturated carbocycles. The highest BCUT2D eigenvalue weighted by Gasteiger charge is 2.13. The number of rotatable bonds is 2. The van der Waals surface area contributed by atoms with Crippen LogP contribution in [0, 0.1) is 18.6 Å². The summed E-state index contributed by atoms with van der Waals surface area (Å²) in [5.74, 6) is -2.10. The van der Waals surface area contributed by atoms with Gasteiger partial charge in [0.25, 0.3) is 5.91 Å². The lowest BCUT2D eigenvalue weighted by Crippen LogP contribution is -2.14. The molecule has 0 radical (unpaired) electrons. The second kappa shape index (κ2) is 5.48. The average Bonchev–Trinajstić information content (AvgIpc) is 2.36. The molecule has 0 spiro atoms. The van der Waals surface area contributed by atoms with E-state index in [0.717, 1.165) is 28.2 Å². The fraction of sp³-hybridized carbons (Fsp3) is 0.0714. The van der Waals surface area contributed by atoms with E-state index in [1.165, 1.54) is 0 Å². The van der Waals surface area contributed by atoms with E-state index in [4.69, 9.17) is 0 Å². The number of aryl methyl sites for hydroxylation is 1. The van der Waals surface area contributed by atoms with E-state index in [1.54, 1.807) is 12.1 Å². The highest BCUT2D eigenvalue weighted by atomic mass is 79.9. The van der Waals surface area contributed by atoms with E-state index >= 15 is 0 Å². The molecular weight excluding hydrogens is 316 g/mol. The Morgan fingerprint density at radius 3 is 2.58 bits per heavy atom. The molecule has 2 nitrogen and oxygen atoms in total. The fourth-order valence-electron chi connectivity index (χ4n) is 1.54. The molecule has 2 aromatic rings. The second-order valence-electron chi connectivity index (χ2n) is 4.04. The van der Waals surface area contributed by atoms with Crippen LogP contribution in [-0.4, -0.2) is 5.91 Å². The van der Waals surface area contributed by atoms with Gasteiger partial charge in [-0.05, 0) is 42.8 Å². The molecule has 0 atom stereocenters. The maximum atomic E-state index is 13.4. The van der Waals surface area contributed by atoms with Crippen molar-refractivity contribution in [2.75, 3.05) is 5.32 Å². The van der Waals surface area contributed by atoms with Crippen LogP contribution in [0.2, 0.25) is 0 Å². The first kappa shape index (κ1) is 13.7. The van der Waals surface area contributed by atoms with Gasteiger partial charge in [-0.25, -0.2) is 8.78 Å². The second-order valence-corrected chi connectivity index (χ2v) is 4.90. The maximum Gasteiger partial charge on any atom is 0.258 e. The van der Waals surface area contributed by atoms with Crippen molar-refractivity contribution in [3.05, 3.63) is 63.6 Å². The van der Waals surface area contributed by atoms with Gasteiger partial charge in [0.1, 0.15) is 11.6 Å². The molecule has 0 heterocycles. The van der Waals surface area contributed by atoms with Gasteiger partial charge in [0, 0.05) is 10.2 Å². The summed E-state index contributed by atoms with van der Waals surface area (Å²) >= 11 is 3.33. The van der Waals surface area contributed by atoms with Gasteiger partial charge < -0.3 is 5.32 Å². The molecule has 2 rings (SSSR count). The first-order chi connectivity index (χ1) is 8.97. The van der Waals surface area contributed by atoms with Crippen LogP contribution in [0.3, 0.4) is 0 Å². The minimum absolute atomic E-state index is 0.323. The molecule has 0 aliphatic heterocycles. The van der Waals surface area contributed by atoms with Crippen molar-refractivity contribution in [2.45, 2.75) is 6.92 Å². The molecule has 0 aliphatic rings. The number of carbonyl (C=O) groups excluding carboxylic acids is 1. The molecule has 2 aromatic carbocycles. The van der Waals surface area contributed by atoms with E-state index in [2.05, 4.69) is 21.2 Å². The number of halogens is 3. The Kier molecular flexibility index (Phi) is 3.95. The average molecular weight is 326 g/mol. The number of carbonyl (C=O) groups is 1. The van der Waals surface area contributed by atoms with Crippen LogP contribution in [0.4, 0.5) is 14.5 Å². The lowest BCUT2D eigenvalue weighted by atomic mass is 10.1. The number of hydrogen-bond acceptors (Lipinski definition) is 1. The van der Waals surface area contributed by atoms with Crippen molar-refractivity contribution in [3.63, 3.8) is 0 Å². The van der Waals surface area contributed by atoms with Gasteiger partial charge in [-0.2, -0.15) is 0 Å². The minimum atomic E-state index is -0.759. The van der Waals surface area contributed by atoms with E-state index in [1.807, 2.05) is 13.0 Å². The van der Waals surface area contributed by atoms with Gasteiger partial charge in [-0.15, -0.1) is 0 Å². The van der Waals surface area contributed by atoms with Crippen LogP contribution in [-0.2, 0) is 0 Å². The van der Waals surface area contributed by atoms with Crippen molar-refractivity contribution in [1.29, 1.82) is 0 Å². The number of amides is 1. The van der Waals surface area contributed by atoms with Crippen molar-refractivity contribution in [2.24, 2.45) is 0 Å². The molecule has 0 aliphatic carbocycles. The van der Waals surface area contributed by atoms with Gasteiger partial charge in [0.15, 0.2) is 0 Å². The molecule has 0 aromatic heterocycles. The Bertz CT molecular complexity index is 643. The predicted octanol–water partition coefficient (Wildman–Crippen LogP) is 4.29. The standard InChI is InChI=1S/C14H10BrF2NO/c1-8-2-4-10(7-12(8)15)18-14(19)11-6-9(16)3-5-13(11)17/h2-7H,1H3,(H,18,19). The summed E-state index contributed by atoms with van der Waals surface area (Å²) in [5.41, 5.74) is 1.19. The van der Waals surface area contributed by atoms with Crippen LogP contribution in [0.15, 0.2) is 40.9 Å². The summed E-state index contributed by atoms with van der Waals surface area (Å²) in [6.07, 6.45) is 0. The van der Waals surface area contributed by atoms with Crippen LogP contribution in [0.1, 0.15) is 15.9 Å². The van der Waals surface area contributed by atoms with Crippen LogP contribution < -0.4 is 5.32 Å². The van der Waals surface area contributed by atoms with Gasteiger partial charge in [-0.1, -0.05) is 22.0 Å². The SMILES string of the molecule is Cc1ccc(NC(=O)c2cc(F)ccc2F)cc1Br. The monoisotopic (exact) mass is 325 g/mol. The fourth-order valence-corrected chi connectivity index (χ4v) is 1.92. The van der Waals surface area contributed by atoms with Crippen molar-refractivity contribution >= 4 is 27.5 Å². The first-order valence-corrected chi connectivity index (χ1v) is 6.29. The summed E-state index contributed by atoms with van der Waals surface area (Å²) in [5, 5.41) is 2.52. The molecule has 19 heavy (non-hydrogen) atoms. The Hall–Kier alpha value is -1.75. The third kappa shape index (κ3) is 3.17. The smallest absolute Gasteiger partial charge is 0.258 e. The highest BCUT2D eigenvalue weighted by molar-refractivity contribution is 9.10. The van der Waals surface area contributed by atoms with Crippen LogP contribution in [0.5, 0.6) is 0 Å². The first-order valence-electron chi connectivity index (χ1n) is 5.50. The third-order valence-corrected chi connectivity index (χ3v) is 3.46. The van der Waals surface area contributed by atoms with Gasteiger partial charge >= 0.3 is 0 Å². The zero-order valence-electron chi connectivity index (χ0n) is 10.0. The van der Waals surface area contributed by atoms with Crippen molar-refractivity contribution in [3.8, 4) is 0 Å². The Morgan fingerprint density at radius 1 is 1.16 bits per heavy atom. The lowest BCUT2D eigenvalue weighted by Gasteiger charge is -2.07. The quantitative estimate of drug-likeness (QED) is 0.876. The molecule has 1 N–H and O–H groups in total. The number of hydrogen-bond donors (Lipinski definition) is 1. The highest BCUT2D eigenvalue weighted by Crippen LogP contribution is 2.21. The summed E-state index contributed by atoms with van der Waals surface area (Å²) in [7, 11) is 0. The van der Waals surface area contributed by atoms with E-state index in [0.29, 0.717) is 5.69 Å². The van der Waals surface area contributed by atoms with Gasteiger partial charge in [0.05, 0.1) is 5.56 Å². The van der Waals surface area contributed by atoms with E-state index in [9.17, 15) is 13.6 Å². The largest absolute Gasteiger partial charge is 0.322 e. The maximum absolute atomic E-state index is 13.4. The molecule has 1 amide bonds. The van der Waals surface area contributed by atoms with Crippen molar-refractivity contribution in [1.82, 2.24) is 0 Å².